The quantitative estimate of drug-likeness (QED) is 0.460. The van der Waals surface area contributed by atoms with Gasteiger partial charge in [0.1, 0.15) is 17.5 Å². The molecule has 0 radical (unpaired) electrons. The summed E-state index contributed by atoms with van der Waals surface area (Å²) in [5.74, 6) is 2.41. The lowest BCUT2D eigenvalue weighted by Crippen LogP contribution is -2.29. The minimum atomic E-state index is -0.948. The number of ether oxygens (including phenoxy) is 1. The summed E-state index contributed by atoms with van der Waals surface area (Å²) < 4.78 is 44.5. The number of benzene rings is 1. The molecule has 0 saturated carbocycles. The molecule has 1 aromatic rings. The Balaban J connectivity index is 2.87. The maximum Gasteiger partial charge on any atom is 0.133 e. The number of nitrogens with one attached hydrogen (secondary N) is 1. The first-order valence-corrected chi connectivity index (χ1v) is 5.19. The zero-order chi connectivity index (χ0) is 12.8. The number of hydrogen-bond acceptors (Lipinski definition) is 3. The topological polar surface area (TPSA) is 47.3 Å². The Morgan fingerprint density at radius 2 is 1.88 bits per heavy atom. The van der Waals surface area contributed by atoms with Crippen LogP contribution in [0.5, 0.6) is 0 Å². The van der Waals surface area contributed by atoms with Crippen LogP contribution in [0, 0.1) is 17.5 Å². The highest BCUT2D eigenvalue weighted by Gasteiger charge is 2.20. The van der Waals surface area contributed by atoms with Gasteiger partial charge in [-0.1, -0.05) is 0 Å². The van der Waals surface area contributed by atoms with Crippen LogP contribution in [0.1, 0.15) is 24.4 Å². The van der Waals surface area contributed by atoms with E-state index in [4.69, 9.17) is 10.6 Å². The van der Waals surface area contributed by atoms with Gasteiger partial charge in [0.05, 0.1) is 6.04 Å². The van der Waals surface area contributed by atoms with E-state index in [0.29, 0.717) is 31.6 Å². The van der Waals surface area contributed by atoms with Crippen molar-refractivity contribution < 1.29 is 17.9 Å². The van der Waals surface area contributed by atoms with Gasteiger partial charge < -0.3 is 4.74 Å². The molecule has 1 atom stereocenters. The van der Waals surface area contributed by atoms with Crippen molar-refractivity contribution in [3.63, 3.8) is 0 Å². The molecule has 0 fully saturated rings. The third-order valence-electron chi connectivity index (χ3n) is 2.43. The van der Waals surface area contributed by atoms with Crippen LogP contribution < -0.4 is 11.3 Å². The van der Waals surface area contributed by atoms with Gasteiger partial charge in [0.15, 0.2) is 0 Å². The lowest BCUT2D eigenvalue weighted by atomic mass is 10.0. The fourth-order valence-corrected chi connectivity index (χ4v) is 1.63. The average molecular weight is 248 g/mol. The molecule has 0 aromatic heterocycles. The van der Waals surface area contributed by atoms with Crippen LogP contribution in [0.3, 0.4) is 0 Å². The summed E-state index contributed by atoms with van der Waals surface area (Å²) in [6, 6.07) is 0.573. The van der Waals surface area contributed by atoms with Gasteiger partial charge in [0.2, 0.25) is 0 Å². The van der Waals surface area contributed by atoms with Gasteiger partial charge in [-0.15, -0.1) is 0 Å². The Hall–Kier alpha value is -1.11. The molecule has 1 unspecified atom stereocenters. The summed E-state index contributed by atoms with van der Waals surface area (Å²) in [5.41, 5.74) is 2.07. The molecular weight excluding hydrogens is 233 g/mol. The van der Waals surface area contributed by atoms with E-state index in [-0.39, 0.29) is 5.56 Å². The third-order valence-corrected chi connectivity index (χ3v) is 2.43. The predicted molar refractivity (Wildman–Crippen MR) is 57.5 cm³/mol. The van der Waals surface area contributed by atoms with E-state index in [1.807, 2.05) is 0 Å². The van der Waals surface area contributed by atoms with E-state index < -0.39 is 23.5 Å². The number of nitrogens with two attached hydrogens (primary N) is 1. The van der Waals surface area contributed by atoms with Crippen LogP contribution in [-0.4, -0.2) is 13.7 Å². The summed E-state index contributed by atoms with van der Waals surface area (Å²) in [6.07, 6.45) is 0.978. The molecule has 6 heteroatoms. The molecule has 96 valence electrons. The number of methoxy groups -OCH3 is 1. The first-order valence-electron chi connectivity index (χ1n) is 5.19. The molecule has 0 aliphatic heterocycles. The minimum Gasteiger partial charge on any atom is -0.385 e. The molecule has 0 saturated heterocycles. The second kappa shape index (κ2) is 6.58. The third kappa shape index (κ3) is 3.69. The molecule has 1 aromatic carbocycles. The SMILES string of the molecule is COCCCC(NN)c1c(F)cc(F)cc1F. The van der Waals surface area contributed by atoms with Crippen LogP contribution in [0.2, 0.25) is 0 Å². The van der Waals surface area contributed by atoms with Gasteiger partial charge in [-0.25, -0.2) is 13.2 Å². The highest BCUT2D eigenvalue weighted by molar-refractivity contribution is 5.24. The van der Waals surface area contributed by atoms with Crippen LogP contribution in [-0.2, 0) is 4.74 Å². The lowest BCUT2D eigenvalue weighted by molar-refractivity contribution is 0.188. The van der Waals surface area contributed by atoms with Crippen LogP contribution in [0.4, 0.5) is 13.2 Å². The standard InChI is InChI=1S/C11H15F3N2O/c1-17-4-2-3-10(16-15)11-8(13)5-7(12)6-9(11)14/h5-6,10,16H,2-4,15H2,1H3. The molecule has 3 N–H and O–H groups in total. The maximum atomic E-state index is 13.5. The van der Waals surface area contributed by atoms with Gasteiger partial charge in [0, 0.05) is 31.4 Å². The second-order valence-corrected chi connectivity index (χ2v) is 3.64. The van der Waals surface area contributed by atoms with E-state index in [1.54, 1.807) is 0 Å². The van der Waals surface area contributed by atoms with Crippen molar-refractivity contribution in [2.45, 2.75) is 18.9 Å². The molecule has 0 heterocycles. The Labute approximate surface area is 97.7 Å². The zero-order valence-electron chi connectivity index (χ0n) is 9.47. The molecule has 0 aliphatic rings. The molecular formula is C11H15F3N2O. The number of rotatable bonds is 6. The summed E-state index contributed by atoms with van der Waals surface area (Å²) in [6.45, 7) is 0.461. The lowest BCUT2D eigenvalue weighted by Gasteiger charge is -2.17. The Morgan fingerprint density at radius 3 is 2.35 bits per heavy atom. The normalized spacial score (nSPS) is 12.8. The smallest absolute Gasteiger partial charge is 0.133 e. The molecule has 0 amide bonds. The Bertz CT molecular complexity index is 351. The van der Waals surface area contributed by atoms with Crippen molar-refractivity contribution in [2.24, 2.45) is 5.84 Å². The molecule has 3 nitrogen and oxygen atoms in total. The van der Waals surface area contributed by atoms with E-state index in [2.05, 4.69) is 5.43 Å². The highest BCUT2D eigenvalue weighted by Crippen LogP contribution is 2.24. The monoisotopic (exact) mass is 248 g/mol. The second-order valence-electron chi connectivity index (χ2n) is 3.64. The van der Waals surface area contributed by atoms with Crippen molar-refractivity contribution in [3.05, 3.63) is 35.1 Å². The van der Waals surface area contributed by atoms with Crippen molar-refractivity contribution in [2.75, 3.05) is 13.7 Å². The summed E-state index contributed by atoms with van der Waals surface area (Å²) >= 11 is 0. The maximum absolute atomic E-state index is 13.5. The molecule has 0 spiro atoms. The van der Waals surface area contributed by atoms with Crippen molar-refractivity contribution >= 4 is 0 Å². The Morgan fingerprint density at radius 1 is 1.29 bits per heavy atom. The van der Waals surface area contributed by atoms with Gasteiger partial charge >= 0.3 is 0 Å². The van der Waals surface area contributed by atoms with Crippen LogP contribution in [0.25, 0.3) is 0 Å². The minimum absolute atomic E-state index is 0.245. The summed E-state index contributed by atoms with van der Waals surface area (Å²) in [4.78, 5) is 0. The van der Waals surface area contributed by atoms with Crippen molar-refractivity contribution in [1.82, 2.24) is 5.43 Å². The molecule has 1 rings (SSSR count). The van der Waals surface area contributed by atoms with Crippen LogP contribution in [0.15, 0.2) is 12.1 Å². The average Bonchev–Trinajstić information content (AvgIpc) is 2.25. The zero-order valence-corrected chi connectivity index (χ0v) is 9.47. The first kappa shape index (κ1) is 14.0. The number of halogens is 3. The molecule has 17 heavy (non-hydrogen) atoms. The largest absolute Gasteiger partial charge is 0.385 e. The number of hydrogen-bond donors (Lipinski definition) is 2. The molecule has 0 bridgehead atoms. The number of hydrazine groups is 1. The predicted octanol–water partition coefficient (Wildman–Crippen LogP) is 2.03. The van der Waals surface area contributed by atoms with E-state index in [9.17, 15) is 13.2 Å². The summed E-state index contributed by atoms with van der Waals surface area (Å²) in [7, 11) is 1.53. The highest BCUT2D eigenvalue weighted by atomic mass is 19.1. The van der Waals surface area contributed by atoms with E-state index >= 15 is 0 Å². The first-order chi connectivity index (χ1) is 8.10. The van der Waals surface area contributed by atoms with Crippen molar-refractivity contribution in [1.29, 1.82) is 0 Å². The Kier molecular flexibility index (Phi) is 5.40. The van der Waals surface area contributed by atoms with Crippen molar-refractivity contribution in [3.8, 4) is 0 Å². The van der Waals surface area contributed by atoms with E-state index in [0.717, 1.165) is 0 Å². The van der Waals surface area contributed by atoms with Gasteiger partial charge in [-0.05, 0) is 12.8 Å². The van der Waals surface area contributed by atoms with Gasteiger partial charge in [0.25, 0.3) is 0 Å². The van der Waals surface area contributed by atoms with E-state index in [1.165, 1.54) is 7.11 Å². The van der Waals surface area contributed by atoms with Crippen LogP contribution >= 0.6 is 0 Å². The van der Waals surface area contributed by atoms with Gasteiger partial charge in [-0.2, -0.15) is 0 Å². The fraction of sp³-hybridized carbons (Fsp3) is 0.455. The fourth-order valence-electron chi connectivity index (χ4n) is 1.63. The molecule has 0 aliphatic carbocycles. The van der Waals surface area contributed by atoms with Gasteiger partial charge in [-0.3, -0.25) is 11.3 Å². The summed E-state index contributed by atoms with van der Waals surface area (Å²) in [5, 5.41) is 0.